The van der Waals surface area contributed by atoms with Crippen LogP contribution in [0.5, 0.6) is 5.75 Å². The Morgan fingerprint density at radius 3 is 2.48 bits per heavy atom. The van der Waals surface area contributed by atoms with Gasteiger partial charge in [-0.25, -0.2) is 4.98 Å². The quantitative estimate of drug-likeness (QED) is 0.367. The highest BCUT2D eigenvalue weighted by atomic mass is 32.1. The first kappa shape index (κ1) is 20.8. The number of rotatable bonds is 8. The number of nitrogens with zero attached hydrogens (tertiary/aromatic N) is 1. The van der Waals surface area contributed by atoms with Crippen molar-refractivity contribution in [2.45, 2.75) is 26.4 Å². The van der Waals surface area contributed by atoms with E-state index in [9.17, 15) is 4.79 Å². The standard InChI is InChI=1S/C26H24N2O2S/c1-2-19-11-13-22(14-12-19)24-18-31-26(27-24)28-25(29)16-21-9-6-10-23(15-21)30-17-20-7-4-3-5-8-20/h3-15,18H,2,16-17H2,1H3,(H,27,28,29). The van der Waals surface area contributed by atoms with Crippen molar-refractivity contribution in [1.29, 1.82) is 0 Å². The fourth-order valence-corrected chi connectivity index (χ4v) is 3.95. The summed E-state index contributed by atoms with van der Waals surface area (Å²) in [5, 5.41) is 5.48. The van der Waals surface area contributed by atoms with E-state index < -0.39 is 0 Å². The van der Waals surface area contributed by atoms with Gasteiger partial charge >= 0.3 is 0 Å². The highest BCUT2D eigenvalue weighted by Crippen LogP contribution is 2.25. The maximum atomic E-state index is 12.5. The van der Waals surface area contributed by atoms with Crippen LogP contribution in [-0.2, 0) is 24.2 Å². The first-order valence-electron chi connectivity index (χ1n) is 10.3. The molecule has 0 aliphatic carbocycles. The summed E-state index contributed by atoms with van der Waals surface area (Å²) in [5.74, 6) is 0.656. The predicted octanol–water partition coefficient (Wildman–Crippen LogP) is 6.13. The van der Waals surface area contributed by atoms with E-state index in [4.69, 9.17) is 4.74 Å². The number of carbonyl (C=O) groups excluding carboxylic acids is 1. The third-order valence-electron chi connectivity index (χ3n) is 4.92. The van der Waals surface area contributed by atoms with E-state index >= 15 is 0 Å². The van der Waals surface area contributed by atoms with Crippen molar-refractivity contribution in [3.05, 3.63) is 101 Å². The lowest BCUT2D eigenvalue weighted by Crippen LogP contribution is -2.14. The van der Waals surface area contributed by atoms with E-state index in [2.05, 4.69) is 41.5 Å². The van der Waals surface area contributed by atoms with E-state index in [0.717, 1.165) is 34.6 Å². The van der Waals surface area contributed by atoms with E-state index in [0.29, 0.717) is 11.7 Å². The lowest BCUT2D eigenvalue weighted by atomic mass is 10.1. The van der Waals surface area contributed by atoms with E-state index in [1.165, 1.54) is 16.9 Å². The Labute approximate surface area is 186 Å². The van der Waals surface area contributed by atoms with Crippen LogP contribution < -0.4 is 10.1 Å². The topological polar surface area (TPSA) is 51.2 Å². The van der Waals surface area contributed by atoms with Gasteiger partial charge in [0.25, 0.3) is 0 Å². The van der Waals surface area contributed by atoms with Crippen molar-refractivity contribution in [3.8, 4) is 17.0 Å². The van der Waals surface area contributed by atoms with Gasteiger partial charge in [0.2, 0.25) is 5.91 Å². The summed E-state index contributed by atoms with van der Waals surface area (Å²) < 4.78 is 5.86. The van der Waals surface area contributed by atoms with Gasteiger partial charge in [-0.15, -0.1) is 11.3 Å². The third-order valence-corrected chi connectivity index (χ3v) is 5.68. The molecule has 0 spiro atoms. The number of thiazole rings is 1. The summed E-state index contributed by atoms with van der Waals surface area (Å²) >= 11 is 1.43. The summed E-state index contributed by atoms with van der Waals surface area (Å²) in [7, 11) is 0. The minimum absolute atomic E-state index is 0.0950. The lowest BCUT2D eigenvalue weighted by molar-refractivity contribution is -0.115. The van der Waals surface area contributed by atoms with E-state index in [-0.39, 0.29) is 12.3 Å². The van der Waals surface area contributed by atoms with Crippen LogP contribution >= 0.6 is 11.3 Å². The summed E-state index contributed by atoms with van der Waals surface area (Å²) in [6, 6.07) is 26.0. The molecule has 31 heavy (non-hydrogen) atoms. The molecule has 0 saturated carbocycles. The summed E-state index contributed by atoms with van der Waals surface area (Å²) in [6.45, 7) is 2.63. The molecule has 4 aromatic rings. The molecule has 0 radical (unpaired) electrons. The number of amides is 1. The summed E-state index contributed by atoms with van der Waals surface area (Å²) in [5.41, 5.74) is 5.23. The van der Waals surface area contributed by atoms with Gasteiger partial charge in [0.05, 0.1) is 12.1 Å². The van der Waals surface area contributed by atoms with Gasteiger partial charge in [-0.3, -0.25) is 4.79 Å². The zero-order valence-electron chi connectivity index (χ0n) is 17.4. The molecule has 4 rings (SSSR count). The zero-order valence-corrected chi connectivity index (χ0v) is 18.2. The maximum Gasteiger partial charge on any atom is 0.230 e. The highest BCUT2D eigenvalue weighted by molar-refractivity contribution is 7.14. The number of nitrogens with one attached hydrogen (secondary N) is 1. The molecule has 1 aromatic heterocycles. The van der Waals surface area contributed by atoms with Gasteiger partial charge in [0.1, 0.15) is 12.4 Å². The lowest BCUT2D eigenvalue weighted by Gasteiger charge is -2.08. The zero-order chi connectivity index (χ0) is 21.5. The molecule has 1 N–H and O–H groups in total. The van der Waals surface area contributed by atoms with Crippen LogP contribution in [0.1, 0.15) is 23.6 Å². The molecule has 3 aromatic carbocycles. The van der Waals surface area contributed by atoms with Gasteiger partial charge in [-0.1, -0.05) is 73.7 Å². The number of carbonyl (C=O) groups is 1. The van der Waals surface area contributed by atoms with Crippen molar-refractivity contribution in [2.75, 3.05) is 5.32 Å². The summed E-state index contributed by atoms with van der Waals surface area (Å²) in [6.07, 6.45) is 1.28. The molecule has 156 valence electrons. The van der Waals surface area contributed by atoms with Crippen LogP contribution in [0.25, 0.3) is 11.3 Å². The molecule has 4 nitrogen and oxygen atoms in total. The molecule has 5 heteroatoms. The van der Waals surface area contributed by atoms with Gasteiger partial charge in [0.15, 0.2) is 5.13 Å². The normalized spacial score (nSPS) is 10.6. The van der Waals surface area contributed by atoms with Crippen molar-refractivity contribution in [1.82, 2.24) is 4.98 Å². The Kier molecular flexibility index (Phi) is 6.75. The first-order valence-corrected chi connectivity index (χ1v) is 11.2. The Morgan fingerprint density at radius 1 is 0.935 bits per heavy atom. The van der Waals surface area contributed by atoms with Gasteiger partial charge in [-0.2, -0.15) is 0 Å². The molecular formula is C26H24N2O2S. The van der Waals surface area contributed by atoms with Crippen molar-refractivity contribution in [2.24, 2.45) is 0 Å². The molecule has 0 aliphatic rings. The van der Waals surface area contributed by atoms with Gasteiger partial charge < -0.3 is 10.1 Å². The number of hydrogen-bond acceptors (Lipinski definition) is 4. The first-order chi connectivity index (χ1) is 15.2. The largest absolute Gasteiger partial charge is 0.489 e. The SMILES string of the molecule is CCc1ccc(-c2csc(NC(=O)Cc3cccc(OCc4ccccc4)c3)n2)cc1. The highest BCUT2D eigenvalue weighted by Gasteiger charge is 2.10. The van der Waals surface area contributed by atoms with Crippen molar-refractivity contribution in [3.63, 3.8) is 0 Å². The van der Waals surface area contributed by atoms with Gasteiger partial charge in [0, 0.05) is 10.9 Å². The summed E-state index contributed by atoms with van der Waals surface area (Å²) in [4.78, 5) is 17.1. The van der Waals surface area contributed by atoms with Gasteiger partial charge in [-0.05, 0) is 35.2 Å². The molecule has 1 amide bonds. The second-order valence-corrected chi connectivity index (χ2v) is 8.09. The monoisotopic (exact) mass is 428 g/mol. The van der Waals surface area contributed by atoms with Crippen LogP contribution in [0.2, 0.25) is 0 Å². The Morgan fingerprint density at radius 2 is 1.71 bits per heavy atom. The van der Waals surface area contributed by atoms with Crippen molar-refractivity contribution < 1.29 is 9.53 Å². The molecule has 0 unspecified atom stereocenters. The van der Waals surface area contributed by atoms with E-state index in [1.54, 1.807) is 0 Å². The third kappa shape index (κ3) is 5.80. The fourth-order valence-electron chi connectivity index (χ4n) is 3.21. The number of ether oxygens (including phenoxy) is 1. The Bertz CT molecular complexity index is 1140. The Hall–Kier alpha value is -3.44. The van der Waals surface area contributed by atoms with Crippen LogP contribution in [0.3, 0.4) is 0 Å². The average molecular weight is 429 g/mol. The molecule has 1 heterocycles. The second kappa shape index (κ2) is 10.0. The molecular weight excluding hydrogens is 404 g/mol. The molecule has 0 atom stereocenters. The fraction of sp³-hybridized carbons (Fsp3) is 0.154. The van der Waals surface area contributed by atoms with Crippen LogP contribution in [-0.4, -0.2) is 10.9 Å². The number of anilines is 1. The minimum Gasteiger partial charge on any atom is -0.489 e. The van der Waals surface area contributed by atoms with Crippen LogP contribution in [0, 0.1) is 0 Å². The molecule has 0 saturated heterocycles. The molecule has 0 bridgehead atoms. The van der Waals surface area contributed by atoms with E-state index in [1.807, 2.05) is 60.0 Å². The Balaban J connectivity index is 1.34. The average Bonchev–Trinajstić information content (AvgIpc) is 3.27. The molecule has 0 aliphatic heterocycles. The number of hydrogen-bond donors (Lipinski definition) is 1. The number of benzene rings is 3. The minimum atomic E-state index is -0.0950. The second-order valence-electron chi connectivity index (χ2n) is 7.24. The number of aromatic nitrogens is 1. The van der Waals surface area contributed by atoms with Crippen molar-refractivity contribution >= 4 is 22.4 Å². The molecule has 0 fully saturated rings. The van der Waals surface area contributed by atoms with Crippen LogP contribution in [0.4, 0.5) is 5.13 Å². The maximum absolute atomic E-state index is 12.5. The number of aryl methyl sites for hydroxylation is 1. The van der Waals surface area contributed by atoms with Crippen LogP contribution in [0.15, 0.2) is 84.2 Å². The predicted molar refractivity (Wildman–Crippen MR) is 126 cm³/mol. The smallest absolute Gasteiger partial charge is 0.230 e.